The SMILES string of the molecule is Cn1cc(CCC(Cc2ccccc2Br)NN)cn1. The number of hydrazine groups is 1. The molecular formula is C14H19BrN4. The number of aryl methyl sites for hydroxylation is 2. The molecule has 0 aliphatic carbocycles. The van der Waals surface area contributed by atoms with Crippen LogP contribution in [0.15, 0.2) is 41.1 Å². The number of nitrogens with one attached hydrogen (secondary N) is 1. The Morgan fingerprint density at radius 3 is 2.84 bits per heavy atom. The van der Waals surface area contributed by atoms with Gasteiger partial charge in [0.15, 0.2) is 0 Å². The fourth-order valence-electron chi connectivity index (χ4n) is 2.12. The van der Waals surface area contributed by atoms with Gasteiger partial charge in [-0.1, -0.05) is 34.1 Å². The third-order valence-corrected chi connectivity index (χ3v) is 3.97. The lowest BCUT2D eigenvalue weighted by molar-refractivity contribution is 0.491. The maximum Gasteiger partial charge on any atom is 0.0521 e. The normalized spacial score (nSPS) is 12.6. The number of hydrogen-bond acceptors (Lipinski definition) is 3. The summed E-state index contributed by atoms with van der Waals surface area (Å²) in [7, 11) is 1.93. The average Bonchev–Trinajstić information content (AvgIpc) is 2.82. The van der Waals surface area contributed by atoms with E-state index in [2.05, 4.69) is 44.7 Å². The lowest BCUT2D eigenvalue weighted by Crippen LogP contribution is -2.37. The summed E-state index contributed by atoms with van der Waals surface area (Å²) in [5, 5.41) is 4.18. The molecule has 3 N–H and O–H groups in total. The summed E-state index contributed by atoms with van der Waals surface area (Å²) in [4.78, 5) is 0. The Bertz CT molecular complexity index is 524. The monoisotopic (exact) mass is 322 g/mol. The molecular weight excluding hydrogens is 304 g/mol. The van der Waals surface area contributed by atoms with E-state index in [1.165, 1.54) is 11.1 Å². The number of rotatable bonds is 6. The molecule has 0 amide bonds. The zero-order valence-electron chi connectivity index (χ0n) is 11.0. The highest BCUT2D eigenvalue weighted by molar-refractivity contribution is 9.10. The predicted molar refractivity (Wildman–Crippen MR) is 80.5 cm³/mol. The van der Waals surface area contributed by atoms with Crippen LogP contribution in [-0.2, 0) is 19.9 Å². The molecule has 0 aliphatic rings. The Morgan fingerprint density at radius 1 is 1.42 bits per heavy atom. The molecule has 0 saturated carbocycles. The molecule has 0 fully saturated rings. The summed E-state index contributed by atoms with van der Waals surface area (Å²) in [6, 6.07) is 8.52. The molecule has 19 heavy (non-hydrogen) atoms. The van der Waals surface area contributed by atoms with Crippen molar-refractivity contribution in [3.63, 3.8) is 0 Å². The van der Waals surface area contributed by atoms with Gasteiger partial charge >= 0.3 is 0 Å². The molecule has 4 nitrogen and oxygen atoms in total. The first-order valence-corrected chi connectivity index (χ1v) is 7.15. The summed E-state index contributed by atoms with van der Waals surface area (Å²) in [6.07, 6.45) is 6.84. The summed E-state index contributed by atoms with van der Waals surface area (Å²) in [5.74, 6) is 5.65. The highest BCUT2D eigenvalue weighted by atomic mass is 79.9. The van der Waals surface area contributed by atoms with Gasteiger partial charge in [-0.3, -0.25) is 16.0 Å². The Morgan fingerprint density at radius 2 is 2.21 bits per heavy atom. The summed E-state index contributed by atoms with van der Waals surface area (Å²) >= 11 is 3.57. The van der Waals surface area contributed by atoms with Crippen LogP contribution in [0, 0.1) is 0 Å². The van der Waals surface area contributed by atoms with E-state index in [0.29, 0.717) is 0 Å². The van der Waals surface area contributed by atoms with Crippen LogP contribution in [0.2, 0.25) is 0 Å². The van der Waals surface area contributed by atoms with E-state index in [1.807, 2.05) is 30.2 Å². The van der Waals surface area contributed by atoms with Gasteiger partial charge in [-0.15, -0.1) is 0 Å². The van der Waals surface area contributed by atoms with E-state index in [-0.39, 0.29) is 6.04 Å². The fourth-order valence-corrected chi connectivity index (χ4v) is 2.56. The molecule has 0 spiro atoms. The maximum absolute atomic E-state index is 5.65. The van der Waals surface area contributed by atoms with E-state index in [9.17, 15) is 0 Å². The second-order valence-electron chi connectivity index (χ2n) is 4.72. The summed E-state index contributed by atoms with van der Waals surface area (Å²) in [5.41, 5.74) is 5.43. The van der Waals surface area contributed by atoms with Crippen LogP contribution in [0.3, 0.4) is 0 Å². The first-order chi connectivity index (χ1) is 9.19. The predicted octanol–water partition coefficient (Wildman–Crippen LogP) is 2.19. The molecule has 1 aromatic heterocycles. The fraction of sp³-hybridized carbons (Fsp3) is 0.357. The van der Waals surface area contributed by atoms with Crippen molar-refractivity contribution in [1.82, 2.24) is 15.2 Å². The van der Waals surface area contributed by atoms with Crippen molar-refractivity contribution in [2.45, 2.75) is 25.3 Å². The summed E-state index contributed by atoms with van der Waals surface area (Å²) in [6.45, 7) is 0. The van der Waals surface area contributed by atoms with Gasteiger partial charge in [-0.05, 0) is 36.5 Å². The van der Waals surface area contributed by atoms with Crippen LogP contribution >= 0.6 is 15.9 Å². The van der Waals surface area contributed by atoms with Gasteiger partial charge in [0.2, 0.25) is 0 Å². The highest BCUT2D eigenvalue weighted by Crippen LogP contribution is 2.18. The smallest absolute Gasteiger partial charge is 0.0521 e. The minimum Gasteiger partial charge on any atom is -0.276 e. The van der Waals surface area contributed by atoms with Gasteiger partial charge in [-0.2, -0.15) is 5.10 Å². The minimum atomic E-state index is 0.263. The van der Waals surface area contributed by atoms with Gasteiger partial charge in [0.25, 0.3) is 0 Å². The number of aromatic nitrogens is 2. The number of nitrogens with zero attached hydrogens (tertiary/aromatic N) is 2. The van der Waals surface area contributed by atoms with Crippen molar-refractivity contribution in [3.05, 3.63) is 52.3 Å². The van der Waals surface area contributed by atoms with Crippen molar-refractivity contribution in [1.29, 1.82) is 0 Å². The van der Waals surface area contributed by atoms with Crippen molar-refractivity contribution in [2.75, 3.05) is 0 Å². The zero-order chi connectivity index (χ0) is 13.7. The van der Waals surface area contributed by atoms with Crippen LogP contribution in [-0.4, -0.2) is 15.8 Å². The number of nitrogens with two attached hydrogens (primary N) is 1. The van der Waals surface area contributed by atoms with Crippen LogP contribution in [0.25, 0.3) is 0 Å². The molecule has 0 aliphatic heterocycles. The van der Waals surface area contributed by atoms with Gasteiger partial charge in [0, 0.05) is 23.8 Å². The van der Waals surface area contributed by atoms with Crippen LogP contribution in [0.5, 0.6) is 0 Å². The molecule has 0 radical (unpaired) electrons. The molecule has 102 valence electrons. The first-order valence-electron chi connectivity index (χ1n) is 6.36. The topological polar surface area (TPSA) is 55.9 Å². The second kappa shape index (κ2) is 6.84. The molecule has 1 aromatic carbocycles. The Labute approximate surface area is 122 Å². The molecule has 2 aromatic rings. The van der Waals surface area contributed by atoms with Crippen molar-refractivity contribution >= 4 is 15.9 Å². The van der Waals surface area contributed by atoms with E-state index < -0.39 is 0 Å². The molecule has 0 saturated heterocycles. The number of benzene rings is 1. The third-order valence-electron chi connectivity index (χ3n) is 3.20. The quantitative estimate of drug-likeness (QED) is 0.633. The van der Waals surface area contributed by atoms with E-state index >= 15 is 0 Å². The number of halogens is 1. The Hall–Kier alpha value is -1.17. The minimum absolute atomic E-state index is 0.263. The van der Waals surface area contributed by atoms with Gasteiger partial charge < -0.3 is 0 Å². The number of hydrogen-bond donors (Lipinski definition) is 2. The Kier molecular flexibility index (Phi) is 5.13. The molecule has 0 bridgehead atoms. The lowest BCUT2D eigenvalue weighted by Gasteiger charge is -2.16. The molecule has 2 rings (SSSR count). The molecule has 1 atom stereocenters. The van der Waals surface area contributed by atoms with Crippen molar-refractivity contribution in [2.24, 2.45) is 12.9 Å². The average molecular weight is 323 g/mol. The third kappa shape index (κ3) is 4.16. The lowest BCUT2D eigenvalue weighted by atomic mass is 10.0. The van der Waals surface area contributed by atoms with Crippen LogP contribution in [0.4, 0.5) is 0 Å². The summed E-state index contributed by atoms with van der Waals surface area (Å²) < 4.78 is 2.96. The first kappa shape index (κ1) is 14.2. The largest absolute Gasteiger partial charge is 0.276 e. The van der Waals surface area contributed by atoms with Gasteiger partial charge in [-0.25, -0.2) is 0 Å². The van der Waals surface area contributed by atoms with Gasteiger partial charge in [0.05, 0.1) is 6.20 Å². The van der Waals surface area contributed by atoms with E-state index in [4.69, 9.17) is 5.84 Å². The van der Waals surface area contributed by atoms with Crippen molar-refractivity contribution in [3.8, 4) is 0 Å². The standard InChI is InChI=1S/C14H19BrN4/c1-19-10-11(9-17-19)6-7-13(18-16)8-12-4-2-3-5-14(12)15/h2-5,9-10,13,18H,6-8,16H2,1H3. The second-order valence-corrected chi connectivity index (χ2v) is 5.57. The zero-order valence-corrected chi connectivity index (χ0v) is 12.6. The van der Waals surface area contributed by atoms with E-state index in [0.717, 1.165) is 23.7 Å². The van der Waals surface area contributed by atoms with E-state index in [1.54, 1.807) is 0 Å². The Balaban J connectivity index is 1.92. The van der Waals surface area contributed by atoms with Gasteiger partial charge in [0.1, 0.15) is 0 Å². The highest BCUT2D eigenvalue weighted by Gasteiger charge is 2.10. The maximum atomic E-state index is 5.65. The van der Waals surface area contributed by atoms with Crippen LogP contribution < -0.4 is 11.3 Å². The van der Waals surface area contributed by atoms with Crippen molar-refractivity contribution < 1.29 is 0 Å². The molecule has 1 unspecified atom stereocenters. The van der Waals surface area contributed by atoms with Crippen LogP contribution in [0.1, 0.15) is 17.5 Å². The molecule has 1 heterocycles. The molecule has 5 heteroatoms.